The van der Waals surface area contributed by atoms with Crippen molar-refractivity contribution in [2.75, 3.05) is 25.0 Å². The molecule has 9 heteroatoms. The van der Waals surface area contributed by atoms with Crippen LogP contribution in [0.25, 0.3) is 0 Å². The molecule has 7 nitrogen and oxygen atoms in total. The molecule has 154 valence electrons. The van der Waals surface area contributed by atoms with Crippen molar-refractivity contribution < 1.29 is 22.7 Å². The molecule has 0 radical (unpaired) electrons. The van der Waals surface area contributed by atoms with Crippen LogP contribution in [0.4, 0.5) is 5.69 Å². The van der Waals surface area contributed by atoms with Crippen molar-refractivity contribution in [3.8, 4) is 0 Å². The molecule has 0 bridgehead atoms. The van der Waals surface area contributed by atoms with Crippen molar-refractivity contribution in [2.45, 2.75) is 24.7 Å². The first-order chi connectivity index (χ1) is 13.8. The van der Waals surface area contributed by atoms with Crippen LogP contribution in [-0.4, -0.2) is 44.3 Å². The van der Waals surface area contributed by atoms with Crippen molar-refractivity contribution in [2.24, 2.45) is 0 Å². The molecule has 0 atom stereocenters. The first-order valence-corrected chi connectivity index (χ1v) is 11.3. The van der Waals surface area contributed by atoms with E-state index in [0.717, 1.165) is 22.9 Å². The molecule has 2 aromatic rings. The van der Waals surface area contributed by atoms with Crippen molar-refractivity contribution >= 4 is 43.5 Å². The quantitative estimate of drug-likeness (QED) is 0.639. The van der Waals surface area contributed by atoms with Gasteiger partial charge < -0.3 is 10.1 Å². The van der Waals surface area contributed by atoms with Gasteiger partial charge in [-0.1, -0.05) is 15.9 Å². The molecule has 0 aliphatic carbocycles. The highest BCUT2D eigenvalue weighted by Gasteiger charge is 2.27. The Morgan fingerprint density at radius 1 is 1.10 bits per heavy atom. The molecule has 0 saturated carbocycles. The molecule has 1 amide bonds. The van der Waals surface area contributed by atoms with Gasteiger partial charge in [-0.15, -0.1) is 0 Å². The van der Waals surface area contributed by atoms with Gasteiger partial charge in [-0.05, 0) is 67.8 Å². The number of anilines is 1. The third-order valence-electron chi connectivity index (χ3n) is 4.57. The maximum absolute atomic E-state index is 12.5. The average Bonchev–Trinajstić information content (AvgIpc) is 3.25. The molecule has 1 N–H and O–H groups in total. The molecule has 1 heterocycles. The smallest absolute Gasteiger partial charge is 0.338 e. The number of ether oxygens (including phenoxy) is 1. The summed E-state index contributed by atoms with van der Waals surface area (Å²) >= 11 is 3.39. The van der Waals surface area contributed by atoms with E-state index in [0.29, 0.717) is 18.8 Å². The van der Waals surface area contributed by atoms with E-state index in [4.69, 9.17) is 4.74 Å². The number of hydrogen-bond donors (Lipinski definition) is 1. The number of nitrogens with zero attached hydrogens (tertiary/aromatic N) is 1. The Bertz CT molecular complexity index is 1020. The summed E-state index contributed by atoms with van der Waals surface area (Å²) in [7, 11) is -3.53. The summed E-state index contributed by atoms with van der Waals surface area (Å²) in [5.41, 5.74) is 1.74. The minimum atomic E-state index is -3.53. The van der Waals surface area contributed by atoms with Gasteiger partial charge in [0.2, 0.25) is 10.0 Å². The first kappa shape index (κ1) is 21.5. The monoisotopic (exact) mass is 480 g/mol. The molecule has 1 aliphatic heterocycles. The molecular weight excluding hydrogens is 460 g/mol. The highest BCUT2D eigenvalue weighted by molar-refractivity contribution is 9.10. The third-order valence-corrected chi connectivity index (χ3v) is 7.37. The van der Waals surface area contributed by atoms with E-state index in [9.17, 15) is 18.0 Å². The normalized spacial score (nSPS) is 14.6. The molecule has 0 unspecified atom stereocenters. The Kier molecular flexibility index (Phi) is 6.71. The van der Waals surface area contributed by atoms with E-state index in [1.165, 1.54) is 28.6 Å². The molecule has 3 rings (SSSR count). The fourth-order valence-corrected chi connectivity index (χ4v) is 4.74. The number of amides is 1. The van der Waals surface area contributed by atoms with Gasteiger partial charge in [-0.3, -0.25) is 4.79 Å². The maximum atomic E-state index is 12.5. The Morgan fingerprint density at radius 2 is 1.76 bits per heavy atom. The zero-order chi connectivity index (χ0) is 21.0. The zero-order valence-electron chi connectivity index (χ0n) is 15.9. The molecule has 0 aromatic heterocycles. The number of sulfonamides is 1. The Hall–Kier alpha value is -2.23. The molecular formula is C20H21BrN2O5S. The Morgan fingerprint density at radius 3 is 2.38 bits per heavy atom. The van der Waals surface area contributed by atoms with Crippen LogP contribution >= 0.6 is 15.9 Å². The molecule has 29 heavy (non-hydrogen) atoms. The van der Waals surface area contributed by atoms with Gasteiger partial charge >= 0.3 is 5.97 Å². The molecule has 0 spiro atoms. The average molecular weight is 481 g/mol. The van der Waals surface area contributed by atoms with E-state index in [-0.39, 0.29) is 10.5 Å². The van der Waals surface area contributed by atoms with Crippen LogP contribution in [0.1, 0.15) is 28.8 Å². The number of nitrogens with one attached hydrogen (secondary N) is 1. The second-order valence-corrected chi connectivity index (χ2v) is 9.52. The van der Waals surface area contributed by atoms with Crippen molar-refractivity contribution in [3.63, 3.8) is 0 Å². The van der Waals surface area contributed by atoms with Crippen LogP contribution in [0.2, 0.25) is 0 Å². The summed E-state index contributed by atoms with van der Waals surface area (Å²) in [6, 6.07) is 10.9. The summed E-state index contributed by atoms with van der Waals surface area (Å²) in [6.07, 6.45) is 1.71. The lowest BCUT2D eigenvalue weighted by atomic mass is 10.2. The number of benzene rings is 2. The number of carbonyl (C=O) groups excluding carboxylic acids is 2. The van der Waals surface area contributed by atoms with E-state index in [1.54, 1.807) is 12.1 Å². The fraction of sp³-hybridized carbons (Fsp3) is 0.300. The molecule has 1 saturated heterocycles. The SMILES string of the molecule is Cc1cc(NC(=O)COC(=O)c2ccc(S(=O)(=O)N3CCCC3)cc2)ccc1Br. The van der Waals surface area contributed by atoms with Gasteiger partial charge in [0.25, 0.3) is 5.91 Å². The predicted molar refractivity (Wildman–Crippen MR) is 112 cm³/mol. The summed E-state index contributed by atoms with van der Waals surface area (Å²) in [6.45, 7) is 2.48. The van der Waals surface area contributed by atoms with Gasteiger partial charge in [0.05, 0.1) is 10.5 Å². The lowest BCUT2D eigenvalue weighted by Crippen LogP contribution is -2.27. The van der Waals surface area contributed by atoms with Crippen LogP contribution < -0.4 is 5.32 Å². The summed E-state index contributed by atoms with van der Waals surface area (Å²) in [5, 5.41) is 2.66. The van der Waals surface area contributed by atoms with Gasteiger partial charge in [0.15, 0.2) is 6.61 Å². The summed E-state index contributed by atoms with van der Waals surface area (Å²) in [4.78, 5) is 24.3. The second-order valence-electron chi connectivity index (χ2n) is 6.72. The van der Waals surface area contributed by atoms with Crippen LogP contribution in [0, 0.1) is 6.92 Å². The largest absolute Gasteiger partial charge is 0.452 e. The maximum Gasteiger partial charge on any atom is 0.338 e. The minimum Gasteiger partial charge on any atom is -0.452 e. The topological polar surface area (TPSA) is 92.8 Å². The lowest BCUT2D eigenvalue weighted by Gasteiger charge is -2.15. The van der Waals surface area contributed by atoms with Crippen LogP contribution in [-0.2, 0) is 19.6 Å². The minimum absolute atomic E-state index is 0.138. The number of aryl methyl sites for hydroxylation is 1. The van der Waals surface area contributed by atoms with E-state index in [2.05, 4.69) is 21.2 Å². The van der Waals surface area contributed by atoms with Gasteiger partial charge in [-0.25, -0.2) is 13.2 Å². The van der Waals surface area contributed by atoms with Crippen LogP contribution in [0.15, 0.2) is 51.8 Å². The highest BCUT2D eigenvalue weighted by Crippen LogP contribution is 2.22. The van der Waals surface area contributed by atoms with Crippen LogP contribution in [0.5, 0.6) is 0 Å². The van der Waals surface area contributed by atoms with Crippen molar-refractivity contribution in [1.82, 2.24) is 4.31 Å². The predicted octanol–water partition coefficient (Wildman–Crippen LogP) is 3.34. The summed E-state index contributed by atoms with van der Waals surface area (Å²) in [5.74, 6) is -1.16. The number of esters is 1. The number of rotatable bonds is 6. The van der Waals surface area contributed by atoms with Gasteiger partial charge in [0, 0.05) is 23.2 Å². The summed E-state index contributed by atoms with van der Waals surface area (Å²) < 4.78 is 32.4. The fourth-order valence-electron chi connectivity index (χ4n) is 2.97. The van der Waals surface area contributed by atoms with E-state index < -0.39 is 28.5 Å². The molecule has 1 fully saturated rings. The van der Waals surface area contributed by atoms with Crippen molar-refractivity contribution in [3.05, 3.63) is 58.1 Å². The number of halogens is 1. The van der Waals surface area contributed by atoms with E-state index >= 15 is 0 Å². The zero-order valence-corrected chi connectivity index (χ0v) is 18.3. The molecule has 2 aromatic carbocycles. The van der Waals surface area contributed by atoms with Crippen LogP contribution in [0.3, 0.4) is 0 Å². The van der Waals surface area contributed by atoms with E-state index in [1.807, 2.05) is 13.0 Å². The van der Waals surface area contributed by atoms with Gasteiger partial charge in [-0.2, -0.15) is 4.31 Å². The number of hydrogen-bond acceptors (Lipinski definition) is 5. The standard InChI is InChI=1S/C20H21BrN2O5S/c1-14-12-16(6-9-18(14)21)22-19(24)13-28-20(25)15-4-7-17(8-5-15)29(26,27)23-10-2-3-11-23/h4-9,12H,2-3,10-11,13H2,1H3,(H,22,24). The van der Waals surface area contributed by atoms with Gasteiger partial charge in [0.1, 0.15) is 0 Å². The Balaban J connectivity index is 1.56. The molecule has 1 aliphatic rings. The highest BCUT2D eigenvalue weighted by atomic mass is 79.9. The third kappa shape index (κ3) is 5.23. The lowest BCUT2D eigenvalue weighted by molar-refractivity contribution is -0.119. The first-order valence-electron chi connectivity index (χ1n) is 9.11. The second kappa shape index (κ2) is 9.06. The van der Waals surface area contributed by atoms with Crippen molar-refractivity contribution in [1.29, 1.82) is 0 Å². The Labute approximate surface area is 178 Å². The number of carbonyl (C=O) groups is 2.